The summed E-state index contributed by atoms with van der Waals surface area (Å²) >= 11 is 0. The number of aromatic nitrogens is 1. The Morgan fingerprint density at radius 1 is 1.24 bits per heavy atom. The monoisotopic (exact) mass is 227 g/mol. The lowest BCUT2D eigenvalue weighted by Gasteiger charge is -2.05. The Bertz CT molecular complexity index is 535. The van der Waals surface area contributed by atoms with E-state index in [0.29, 0.717) is 11.1 Å². The van der Waals surface area contributed by atoms with E-state index in [-0.39, 0.29) is 11.5 Å². The molecule has 0 aliphatic rings. The van der Waals surface area contributed by atoms with Crippen molar-refractivity contribution >= 4 is 5.78 Å². The predicted octanol–water partition coefficient (Wildman–Crippen LogP) is 2.58. The Kier molecular flexibility index (Phi) is 3.19. The van der Waals surface area contributed by atoms with E-state index in [1.54, 1.807) is 36.7 Å². The van der Waals surface area contributed by atoms with E-state index >= 15 is 0 Å². The molecule has 0 atom stereocenters. The van der Waals surface area contributed by atoms with Crippen LogP contribution in [0.25, 0.3) is 0 Å². The third-order valence-electron chi connectivity index (χ3n) is 2.66. The van der Waals surface area contributed by atoms with Gasteiger partial charge < -0.3 is 5.11 Å². The van der Waals surface area contributed by atoms with E-state index in [0.717, 1.165) is 12.0 Å². The van der Waals surface area contributed by atoms with Gasteiger partial charge in [-0.05, 0) is 36.2 Å². The highest BCUT2D eigenvalue weighted by molar-refractivity contribution is 6.10. The summed E-state index contributed by atoms with van der Waals surface area (Å²) in [5.41, 5.74) is 1.90. The van der Waals surface area contributed by atoms with Crippen molar-refractivity contribution in [2.24, 2.45) is 0 Å². The topological polar surface area (TPSA) is 50.2 Å². The van der Waals surface area contributed by atoms with Crippen LogP contribution in [0.15, 0.2) is 42.7 Å². The molecular formula is C14H13NO2. The van der Waals surface area contributed by atoms with Crippen molar-refractivity contribution in [1.82, 2.24) is 4.98 Å². The minimum atomic E-state index is -0.180. The molecule has 0 aliphatic carbocycles. The molecule has 1 heterocycles. The predicted molar refractivity (Wildman–Crippen MR) is 65.2 cm³/mol. The number of rotatable bonds is 3. The molecule has 1 aromatic heterocycles. The number of carbonyl (C=O) groups excluding carboxylic acids is 1. The smallest absolute Gasteiger partial charge is 0.196 e. The van der Waals surface area contributed by atoms with Gasteiger partial charge >= 0.3 is 0 Å². The first-order valence-electron chi connectivity index (χ1n) is 5.49. The number of nitrogens with zero attached hydrogens (tertiary/aromatic N) is 1. The fourth-order valence-electron chi connectivity index (χ4n) is 1.64. The van der Waals surface area contributed by atoms with Gasteiger partial charge in [0.2, 0.25) is 0 Å². The molecule has 0 spiro atoms. The molecule has 3 heteroatoms. The van der Waals surface area contributed by atoms with E-state index in [2.05, 4.69) is 4.98 Å². The van der Waals surface area contributed by atoms with Gasteiger partial charge in [-0.2, -0.15) is 0 Å². The summed E-state index contributed by atoms with van der Waals surface area (Å²) in [7, 11) is 0. The number of hydrogen-bond donors (Lipinski definition) is 1. The van der Waals surface area contributed by atoms with E-state index < -0.39 is 0 Å². The van der Waals surface area contributed by atoms with Crippen molar-refractivity contribution in [1.29, 1.82) is 0 Å². The maximum atomic E-state index is 12.1. The molecule has 0 unspecified atom stereocenters. The average molecular weight is 227 g/mol. The van der Waals surface area contributed by atoms with Crippen molar-refractivity contribution in [3.63, 3.8) is 0 Å². The largest absolute Gasteiger partial charge is 0.507 e. The van der Waals surface area contributed by atoms with Gasteiger partial charge in [-0.1, -0.05) is 13.0 Å². The zero-order valence-corrected chi connectivity index (χ0v) is 9.55. The normalized spacial score (nSPS) is 10.2. The standard InChI is InChI=1S/C14H13NO2/c1-2-10-3-4-13(16)12(9-10)14(17)11-5-7-15-8-6-11/h3-9,16H,2H2,1H3. The number of phenols is 1. The van der Waals surface area contributed by atoms with Gasteiger partial charge in [0.1, 0.15) is 5.75 Å². The average Bonchev–Trinajstić information content (AvgIpc) is 2.39. The Hall–Kier alpha value is -2.16. The number of ketones is 1. The minimum Gasteiger partial charge on any atom is -0.507 e. The fraction of sp³-hybridized carbons (Fsp3) is 0.143. The zero-order chi connectivity index (χ0) is 12.3. The summed E-state index contributed by atoms with van der Waals surface area (Å²) < 4.78 is 0. The Balaban J connectivity index is 2.44. The highest BCUT2D eigenvalue weighted by Gasteiger charge is 2.13. The number of aromatic hydroxyl groups is 1. The van der Waals surface area contributed by atoms with Crippen molar-refractivity contribution in [3.05, 3.63) is 59.4 Å². The van der Waals surface area contributed by atoms with Crippen LogP contribution in [0.4, 0.5) is 0 Å². The third-order valence-corrected chi connectivity index (χ3v) is 2.66. The molecule has 1 N–H and O–H groups in total. The molecule has 0 fully saturated rings. The van der Waals surface area contributed by atoms with Gasteiger partial charge in [0.15, 0.2) is 5.78 Å². The highest BCUT2D eigenvalue weighted by atomic mass is 16.3. The fourth-order valence-corrected chi connectivity index (χ4v) is 1.64. The molecule has 17 heavy (non-hydrogen) atoms. The second-order valence-electron chi connectivity index (χ2n) is 3.77. The molecule has 2 rings (SSSR count). The number of aryl methyl sites for hydroxylation is 1. The lowest BCUT2D eigenvalue weighted by Crippen LogP contribution is -2.02. The van der Waals surface area contributed by atoms with Crippen LogP contribution < -0.4 is 0 Å². The van der Waals surface area contributed by atoms with Gasteiger partial charge in [0, 0.05) is 18.0 Å². The van der Waals surface area contributed by atoms with Crippen LogP contribution in [-0.2, 0) is 6.42 Å². The molecule has 86 valence electrons. The molecule has 0 bridgehead atoms. The van der Waals surface area contributed by atoms with Crippen LogP contribution in [0.1, 0.15) is 28.4 Å². The van der Waals surface area contributed by atoms with Crippen LogP contribution in [0, 0.1) is 0 Å². The quantitative estimate of drug-likeness (QED) is 0.820. The number of phenolic OH excluding ortho intramolecular Hbond substituents is 1. The summed E-state index contributed by atoms with van der Waals surface area (Å²) in [6.07, 6.45) is 3.96. The van der Waals surface area contributed by atoms with Crippen LogP contribution in [0.2, 0.25) is 0 Å². The maximum Gasteiger partial charge on any atom is 0.196 e. The van der Waals surface area contributed by atoms with Crippen LogP contribution in [0.3, 0.4) is 0 Å². The number of carbonyl (C=O) groups is 1. The lowest BCUT2D eigenvalue weighted by molar-refractivity contribution is 0.103. The summed E-state index contributed by atoms with van der Waals surface area (Å²) in [4.78, 5) is 16.0. The van der Waals surface area contributed by atoms with Gasteiger partial charge in [-0.3, -0.25) is 9.78 Å². The second-order valence-corrected chi connectivity index (χ2v) is 3.77. The van der Waals surface area contributed by atoms with Gasteiger partial charge in [0.25, 0.3) is 0 Å². The Morgan fingerprint density at radius 3 is 2.59 bits per heavy atom. The van der Waals surface area contributed by atoms with E-state index in [1.165, 1.54) is 0 Å². The molecule has 0 amide bonds. The van der Waals surface area contributed by atoms with E-state index in [9.17, 15) is 9.90 Å². The second kappa shape index (κ2) is 4.78. The van der Waals surface area contributed by atoms with Crippen LogP contribution in [0.5, 0.6) is 5.75 Å². The van der Waals surface area contributed by atoms with Gasteiger partial charge in [-0.25, -0.2) is 0 Å². The molecule has 3 nitrogen and oxygen atoms in total. The molecule has 0 saturated carbocycles. The molecule has 0 aliphatic heterocycles. The summed E-state index contributed by atoms with van der Waals surface area (Å²) in [5.74, 6) is -0.163. The Morgan fingerprint density at radius 2 is 1.94 bits per heavy atom. The molecule has 0 radical (unpaired) electrons. The van der Waals surface area contributed by atoms with Crippen LogP contribution >= 0.6 is 0 Å². The summed E-state index contributed by atoms with van der Waals surface area (Å²) in [6.45, 7) is 2.01. The van der Waals surface area contributed by atoms with Crippen LogP contribution in [-0.4, -0.2) is 15.9 Å². The molecule has 0 saturated heterocycles. The van der Waals surface area contributed by atoms with Crippen molar-refractivity contribution in [2.75, 3.05) is 0 Å². The minimum absolute atomic E-state index is 0.0176. The Labute approximate surface area is 99.8 Å². The first-order chi connectivity index (χ1) is 8.22. The summed E-state index contributed by atoms with van der Waals surface area (Å²) in [5, 5.41) is 9.73. The molecular weight excluding hydrogens is 214 g/mol. The molecule has 2 aromatic rings. The van der Waals surface area contributed by atoms with E-state index in [1.807, 2.05) is 13.0 Å². The SMILES string of the molecule is CCc1ccc(O)c(C(=O)c2ccncc2)c1. The van der Waals surface area contributed by atoms with Gasteiger partial charge in [-0.15, -0.1) is 0 Å². The first kappa shape index (κ1) is 11.3. The summed E-state index contributed by atoms with van der Waals surface area (Å²) in [6, 6.07) is 8.39. The highest BCUT2D eigenvalue weighted by Crippen LogP contribution is 2.22. The van der Waals surface area contributed by atoms with E-state index in [4.69, 9.17) is 0 Å². The van der Waals surface area contributed by atoms with Crippen molar-refractivity contribution in [2.45, 2.75) is 13.3 Å². The first-order valence-corrected chi connectivity index (χ1v) is 5.49. The lowest BCUT2D eigenvalue weighted by atomic mass is 10.0. The van der Waals surface area contributed by atoms with Crippen molar-refractivity contribution < 1.29 is 9.90 Å². The third kappa shape index (κ3) is 2.33. The van der Waals surface area contributed by atoms with Crippen molar-refractivity contribution in [3.8, 4) is 5.75 Å². The zero-order valence-electron chi connectivity index (χ0n) is 9.55. The number of benzene rings is 1. The number of hydrogen-bond acceptors (Lipinski definition) is 3. The number of pyridine rings is 1. The maximum absolute atomic E-state index is 12.1. The van der Waals surface area contributed by atoms with Gasteiger partial charge in [0.05, 0.1) is 5.56 Å². The molecule has 1 aromatic carbocycles.